The lowest BCUT2D eigenvalue weighted by atomic mass is 9.97. The van der Waals surface area contributed by atoms with Gasteiger partial charge in [0.2, 0.25) is 5.91 Å². The van der Waals surface area contributed by atoms with E-state index in [-0.39, 0.29) is 23.5 Å². The summed E-state index contributed by atoms with van der Waals surface area (Å²) in [5.74, 6) is -0.515. The number of hydrogen-bond acceptors (Lipinski definition) is 3. The minimum atomic E-state index is -0.250. The standard InChI is InChI=1S/C21H19N3O3/c1-13(25)14-5-4-6-16(9-14)23-20(26)15-11-24(12-15)21(27)18-10-22-19-8-3-2-7-17(18)19/h2-10,15,22H,11-12H2,1H3,(H,23,26). The molecule has 0 bridgehead atoms. The van der Waals surface area contributed by atoms with Gasteiger partial charge in [-0.1, -0.05) is 30.3 Å². The van der Waals surface area contributed by atoms with Crippen molar-refractivity contribution < 1.29 is 14.4 Å². The summed E-state index contributed by atoms with van der Waals surface area (Å²) in [7, 11) is 0. The van der Waals surface area contributed by atoms with Gasteiger partial charge in [0, 0.05) is 41.4 Å². The number of likely N-dealkylation sites (tertiary alicyclic amines) is 1. The average Bonchev–Trinajstić information content (AvgIpc) is 3.04. The highest BCUT2D eigenvalue weighted by Gasteiger charge is 2.36. The highest BCUT2D eigenvalue weighted by molar-refractivity contribution is 6.07. The molecule has 0 radical (unpaired) electrons. The van der Waals surface area contributed by atoms with E-state index in [4.69, 9.17) is 0 Å². The fraction of sp³-hybridized carbons (Fsp3) is 0.190. The number of ketones is 1. The van der Waals surface area contributed by atoms with Crippen molar-refractivity contribution in [3.63, 3.8) is 0 Å². The smallest absolute Gasteiger partial charge is 0.256 e. The summed E-state index contributed by atoms with van der Waals surface area (Å²) in [6.07, 6.45) is 1.72. The quantitative estimate of drug-likeness (QED) is 0.701. The topological polar surface area (TPSA) is 82.3 Å². The SMILES string of the molecule is CC(=O)c1cccc(NC(=O)C2CN(C(=O)c3c[nH]c4ccccc34)C2)c1. The van der Waals surface area contributed by atoms with E-state index in [1.54, 1.807) is 35.4 Å². The highest BCUT2D eigenvalue weighted by atomic mass is 16.2. The fourth-order valence-corrected chi connectivity index (χ4v) is 3.29. The second-order valence-corrected chi connectivity index (χ2v) is 6.78. The Hall–Kier alpha value is -3.41. The zero-order valence-electron chi connectivity index (χ0n) is 14.9. The summed E-state index contributed by atoms with van der Waals surface area (Å²) in [6.45, 7) is 2.26. The summed E-state index contributed by atoms with van der Waals surface area (Å²) >= 11 is 0. The molecule has 27 heavy (non-hydrogen) atoms. The summed E-state index contributed by atoms with van der Waals surface area (Å²) in [5, 5.41) is 3.71. The van der Waals surface area contributed by atoms with Gasteiger partial charge in [0.25, 0.3) is 5.91 Å². The number of nitrogens with one attached hydrogen (secondary N) is 2. The number of rotatable bonds is 4. The Morgan fingerprint density at radius 3 is 2.63 bits per heavy atom. The van der Waals surface area contributed by atoms with Crippen molar-refractivity contribution in [2.75, 3.05) is 18.4 Å². The molecule has 4 rings (SSSR count). The van der Waals surface area contributed by atoms with Crippen molar-refractivity contribution in [3.8, 4) is 0 Å². The van der Waals surface area contributed by atoms with E-state index < -0.39 is 0 Å². The molecule has 6 heteroatoms. The number of H-pyrrole nitrogens is 1. The summed E-state index contributed by atoms with van der Waals surface area (Å²) in [6, 6.07) is 14.5. The molecule has 1 saturated heterocycles. The number of benzene rings is 2. The molecule has 2 heterocycles. The zero-order valence-corrected chi connectivity index (χ0v) is 14.9. The first kappa shape index (κ1) is 17.0. The Kier molecular flexibility index (Phi) is 4.24. The fourth-order valence-electron chi connectivity index (χ4n) is 3.29. The molecule has 1 aliphatic heterocycles. The van der Waals surface area contributed by atoms with Crippen LogP contribution in [-0.2, 0) is 4.79 Å². The van der Waals surface area contributed by atoms with Crippen LogP contribution in [0.15, 0.2) is 54.7 Å². The lowest BCUT2D eigenvalue weighted by molar-refractivity contribution is -0.123. The first-order chi connectivity index (χ1) is 13.0. The van der Waals surface area contributed by atoms with Crippen LogP contribution in [0, 0.1) is 5.92 Å². The average molecular weight is 361 g/mol. The molecule has 0 spiro atoms. The third kappa shape index (κ3) is 3.21. The predicted molar refractivity (Wildman–Crippen MR) is 103 cm³/mol. The van der Waals surface area contributed by atoms with Gasteiger partial charge in [0.1, 0.15) is 0 Å². The summed E-state index contributed by atoms with van der Waals surface area (Å²) in [5.41, 5.74) is 2.69. The molecular weight excluding hydrogens is 342 g/mol. The highest BCUT2D eigenvalue weighted by Crippen LogP contribution is 2.25. The van der Waals surface area contributed by atoms with Gasteiger partial charge in [-0.15, -0.1) is 0 Å². The van der Waals surface area contributed by atoms with Crippen LogP contribution in [0.3, 0.4) is 0 Å². The summed E-state index contributed by atoms with van der Waals surface area (Å²) in [4.78, 5) is 41.3. The lowest BCUT2D eigenvalue weighted by Crippen LogP contribution is -2.54. The molecule has 1 aromatic heterocycles. The molecule has 2 amide bonds. The van der Waals surface area contributed by atoms with Crippen molar-refractivity contribution in [3.05, 3.63) is 65.9 Å². The van der Waals surface area contributed by atoms with Gasteiger partial charge in [-0.3, -0.25) is 14.4 Å². The van der Waals surface area contributed by atoms with Crippen molar-refractivity contribution in [1.82, 2.24) is 9.88 Å². The molecule has 0 unspecified atom stereocenters. The lowest BCUT2D eigenvalue weighted by Gasteiger charge is -2.38. The van der Waals surface area contributed by atoms with Gasteiger partial charge >= 0.3 is 0 Å². The molecule has 0 atom stereocenters. The van der Waals surface area contributed by atoms with Crippen LogP contribution in [0.2, 0.25) is 0 Å². The second kappa shape index (κ2) is 6.72. The third-order valence-corrected chi connectivity index (χ3v) is 4.90. The Labute approximate surface area is 156 Å². The molecule has 0 saturated carbocycles. The van der Waals surface area contributed by atoms with E-state index in [1.165, 1.54) is 6.92 Å². The van der Waals surface area contributed by atoms with Crippen LogP contribution >= 0.6 is 0 Å². The first-order valence-corrected chi connectivity index (χ1v) is 8.80. The van der Waals surface area contributed by atoms with Crippen LogP contribution in [0.1, 0.15) is 27.6 Å². The number of aromatic amines is 1. The van der Waals surface area contributed by atoms with E-state index in [9.17, 15) is 14.4 Å². The number of para-hydroxylation sites is 1. The molecule has 1 fully saturated rings. The number of carbonyl (C=O) groups is 3. The maximum absolute atomic E-state index is 12.7. The zero-order chi connectivity index (χ0) is 19.0. The molecule has 3 aromatic rings. The van der Waals surface area contributed by atoms with E-state index in [1.807, 2.05) is 24.3 Å². The predicted octanol–water partition coefficient (Wildman–Crippen LogP) is 3.08. The minimum absolute atomic E-state index is 0.0507. The number of carbonyl (C=O) groups excluding carboxylic acids is 3. The van der Waals surface area contributed by atoms with Crippen molar-refractivity contribution in [1.29, 1.82) is 0 Å². The van der Waals surface area contributed by atoms with Crippen LogP contribution in [0.5, 0.6) is 0 Å². The van der Waals surface area contributed by atoms with Gasteiger partial charge in [-0.05, 0) is 25.1 Å². The van der Waals surface area contributed by atoms with Crippen LogP contribution < -0.4 is 5.32 Å². The van der Waals surface area contributed by atoms with E-state index in [2.05, 4.69) is 10.3 Å². The third-order valence-electron chi connectivity index (χ3n) is 4.90. The molecule has 1 aliphatic rings. The van der Waals surface area contributed by atoms with E-state index >= 15 is 0 Å². The molecule has 0 aliphatic carbocycles. The number of hydrogen-bond donors (Lipinski definition) is 2. The maximum Gasteiger partial charge on any atom is 0.256 e. The van der Waals surface area contributed by atoms with Crippen LogP contribution in [0.25, 0.3) is 10.9 Å². The second-order valence-electron chi connectivity index (χ2n) is 6.78. The number of aromatic nitrogens is 1. The maximum atomic E-state index is 12.7. The van der Waals surface area contributed by atoms with Gasteiger partial charge in [-0.25, -0.2) is 0 Å². The van der Waals surface area contributed by atoms with Gasteiger partial charge in [0.15, 0.2) is 5.78 Å². The number of anilines is 1. The Morgan fingerprint density at radius 2 is 1.85 bits per heavy atom. The number of Topliss-reactive ketones (excluding diaryl/α,β-unsaturated/α-hetero) is 1. The van der Waals surface area contributed by atoms with Crippen molar-refractivity contribution in [2.45, 2.75) is 6.92 Å². The van der Waals surface area contributed by atoms with Crippen LogP contribution in [-0.4, -0.2) is 40.6 Å². The van der Waals surface area contributed by atoms with Crippen molar-refractivity contribution in [2.24, 2.45) is 5.92 Å². The minimum Gasteiger partial charge on any atom is -0.360 e. The number of fused-ring (bicyclic) bond motifs is 1. The van der Waals surface area contributed by atoms with Crippen molar-refractivity contribution >= 4 is 34.2 Å². The van der Waals surface area contributed by atoms with Gasteiger partial charge in [0.05, 0.1) is 11.5 Å². The number of amides is 2. The normalized spacial score (nSPS) is 14.0. The Bertz CT molecular complexity index is 1050. The molecule has 6 nitrogen and oxygen atoms in total. The molecular formula is C21H19N3O3. The molecule has 2 aromatic carbocycles. The molecule has 2 N–H and O–H groups in total. The van der Waals surface area contributed by atoms with Crippen LogP contribution in [0.4, 0.5) is 5.69 Å². The van der Waals surface area contributed by atoms with E-state index in [0.29, 0.717) is 29.9 Å². The summed E-state index contributed by atoms with van der Waals surface area (Å²) < 4.78 is 0. The first-order valence-electron chi connectivity index (χ1n) is 8.80. The Balaban J connectivity index is 1.39. The van der Waals surface area contributed by atoms with Gasteiger partial charge in [-0.2, -0.15) is 0 Å². The molecule has 136 valence electrons. The van der Waals surface area contributed by atoms with E-state index in [0.717, 1.165) is 10.9 Å². The monoisotopic (exact) mass is 361 g/mol. The van der Waals surface area contributed by atoms with Gasteiger partial charge < -0.3 is 15.2 Å². The largest absolute Gasteiger partial charge is 0.360 e. The number of nitrogens with zero attached hydrogens (tertiary/aromatic N) is 1. The Morgan fingerprint density at radius 1 is 1.07 bits per heavy atom.